The number of carbonyl (C=O) groups is 2. The Morgan fingerprint density at radius 1 is 0.642 bits per heavy atom. The van der Waals surface area contributed by atoms with Crippen LogP contribution >= 0.6 is 0 Å². The van der Waals surface area contributed by atoms with Crippen LogP contribution in [0.25, 0.3) is 0 Å². The Bertz CT molecular complexity index is 1470. The van der Waals surface area contributed by atoms with Gasteiger partial charge in [0.15, 0.2) is 0 Å². The second-order valence-corrected chi connectivity index (χ2v) is 23.8. The van der Waals surface area contributed by atoms with Gasteiger partial charge >= 0.3 is 11.9 Å². The third-order valence-electron chi connectivity index (χ3n) is 18.2. The van der Waals surface area contributed by atoms with Crippen molar-refractivity contribution in [2.45, 2.75) is 285 Å². The molecule has 9 atom stereocenters. The third-order valence-corrected chi connectivity index (χ3v) is 18.2. The van der Waals surface area contributed by atoms with E-state index in [0.717, 1.165) is 113 Å². The first-order valence-corrected chi connectivity index (χ1v) is 29.6. The summed E-state index contributed by atoms with van der Waals surface area (Å²) in [6, 6.07) is 0. The van der Waals surface area contributed by atoms with Crippen LogP contribution in [0.3, 0.4) is 0 Å². The van der Waals surface area contributed by atoms with Gasteiger partial charge in [-0.3, -0.25) is 9.59 Å². The Labute approximate surface area is 415 Å². The highest BCUT2D eigenvalue weighted by Gasteiger charge is 2.59. The minimum atomic E-state index is -0.678. The van der Waals surface area contributed by atoms with E-state index in [4.69, 9.17) is 9.84 Å². The highest BCUT2D eigenvalue weighted by atomic mass is 16.5. The van der Waals surface area contributed by atoms with Gasteiger partial charge in [-0.15, -0.1) is 0 Å². The number of hydrogen-bond acceptors (Lipinski definition) is 3. The number of carbonyl (C=O) groups excluding carboxylic acids is 1. The summed E-state index contributed by atoms with van der Waals surface area (Å²) in [4.78, 5) is 24.8. The smallest absolute Gasteiger partial charge is 0.309 e. The van der Waals surface area contributed by atoms with Gasteiger partial charge in [-0.2, -0.15) is 0 Å². The molecule has 0 spiro atoms. The zero-order chi connectivity index (χ0) is 48.2. The average molecular weight is 930 g/mol. The van der Waals surface area contributed by atoms with E-state index in [9.17, 15) is 9.59 Å². The van der Waals surface area contributed by atoms with E-state index < -0.39 is 5.97 Å². The molecule has 0 aromatic heterocycles. The number of carboxylic acids is 1. The van der Waals surface area contributed by atoms with Gasteiger partial charge in [0.1, 0.15) is 6.10 Å². The Morgan fingerprint density at radius 2 is 1.21 bits per heavy atom. The molecule has 0 radical (unpaired) electrons. The maximum atomic E-state index is 14.1. The fourth-order valence-electron chi connectivity index (χ4n) is 14.1. The van der Waals surface area contributed by atoms with E-state index in [1.165, 1.54) is 154 Å². The first-order valence-electron chi connectivity index (χ1n) is 29.6. The Hall–Kier alpha value is -2.10. The van der Waals surface area contributed by atoms with Gasteiger partial charge in [-0.25, -0.2) is 0 Å². The lowest BCUT2D eigenvalue weighted by molar-refractivity contribution is -0.157. The Morgan fingerprint density at radius 3 is 1.82 bits per heavy atom. The van der Waals surface area contributed by atoms with Crippen molar-refractivity contribution < 1.29 is 19.4 Å². The zero-order valence-electron chi connectivity index (χ0n) is 45.0. The SMILES string of the molecule is CCCCCCCC/C=C\CCCCCCC(CCCCC/C=C\C/C=C\CCCCCCCC(=O)O)C(=O)OC1CC[C@@]2(C)C(=CCC3C2CC[C@@]2(C)C3CC[C@@H]2[C@H](C)CCCC(C)C)C1. The number of ether oxygens (including phenoxy) is 1. The first kappa shape index (κ1) is 57.5. The molecule has 0 aromatic rings. The Kier molecular flexibility index (Phi) is 28.1. The monoisotopic (exact) mass is 929 g/mol. The number of esters is 1. The normalized spacial score (nSPS) is 27.1. The maximum absolute atomic E-state index is 14.1. The van der Waals surface area contributed by atoms with Crippen molar-refractivity contribution in [3.63, 3.8) is 0 Å². The van der Waals surface area contributed by atoms with Gasteiger partial charge in [-0.1, -0.05) is 192 Å². The molecule has 3 fully saturated rings. The molecule has 4 nitrogen and oxygen atoms in total. The van der Waals surface area contributed by atoms with Crippen molar-refractivity contribution in [2.75, 3.05) is 0 Å². The molecule has 5 unspecified atom stereocenters. The fraction of sp³-hybridized carbons (Fsp3) is 0.841. The molecule has 4 heteroatoms. The molecule has 4 aliphatic carbocycles. The van der Waals surface area contributed by atoms with Crippen molar-refractivity contribution in [3.8, 4) is 0 Å². The number of hydrogen-bond donors (Lipinski definition) is 1. The minimum absolute atomic E-state index is 0.0415. The molecule has 0 aliphatic heterocycles. The van der Waals surface area contributed by atoms with E-state index >= 15 is 0 Å². The Balaban J connectivity index is 1.21. The maximum Gasteiger partial charge on any atom is 0.309 e. The summed E-state index contributed by atoms with van der Waals surface area (Å²) < 4.78 is 6.59. The van der Waals surface area contributed by atoms with Gasteiger partial charge in [0.25, 0.3) is 0 Å². The number of fused-ring (bicyclic) bond motifs is 5. The van der Waals surface area contributed by atoms with E-state index in [1.54, 1.807) is 5.57 Å². The van der Waals surface area contributed by atoms with Crippen molar-refractivity contribution >= 4 is 11.9 Å². The molecule has 0 amide bonds. The molecule has 0 aromatic carbocycles. The predicted molar refractivity (Wildman–Crippen MR) is 287 cm³/mol. The van der Waals surface area contributed by atoms with Crippen LogP contribution in [0, 0.1) is 52.3 Å². The molecule has 0 bridgehead atoms. The summed E-state index contributed by atoms with van der Waals surface area (Å²) in [6.45, 7) is 15.0. The summed E-state index contributed by atoms with van der Waals surface area (Å²) in [7, 11) is 0. The molecule has 4 rings (SSSR count). The van der Waals surface area contributed by atoms with E-state index in [2.05, 4.69) is 84.1 Å². The van der Waals surface area contributed by atoms with Gasteiger partial charge < -0.3 is 9.84 Å². The molecule has 67 heavy (non-hydrogen) atoms. The van der Waals surface area contributed by atoms with Crippen molar-refractivity contribution in [1.82, 2.24) is 0 Å². The molecule has 384 valence electrons. The third kappa shape index (κ3) is 20.3. The molecule has 1 N–H and O–H groups in total. The second-order valence-electron chi connectivity index (χ2n) is 23.8. The number of aliphatic carboxylic acids is 1. The highest BCUT2D eigenvalue weighted by Crippen LogP contribution is 2.67. The number of carboxylic acid groups (broad SMARTS) is 1. The molecule has 0 heterocycles. The molecule has 3 saturated carbocycles. The molecule has 4 aliphatic rings. The number of rotatable bonds is 37. The number of allylic oxidation sites excluding steroid dienone is 7. The highest BCUT2D eigenvalue weighted by molar-refractivity contribution is 5.72. The number of unbranched alkanes of at least 4 members (excludes halogenated alkanes) is 18. The van der Waals surface area contributed by atoms with E-state index in [-0.39, 0.29) is 23.4 Å². The minimum Gasteiger partial charge on any atom is -0.481 e. The summed E-state index contributed by atoms with van der Waals surface area (Å²) in [5, 5.41) is 8.77. The summed E-state index contributed by atoms with van der Waals surface area (Å²) in [5.41, 5.74) is 2.45. The average Bonchev–Trinajstić information content (AvgIpc) is 3.66. The van der Waals surface area contributed by atoms with Crippen molar-refractivity contribution in [2.24, 2.45) is 52.3 Å². The first-order chi connectivity index (χ1) is 32.5. The molecular weight excluding hydrogens is 821 g/mol. The van der Waals surface area contributed by atoms with Crippen molar-refractivity contribution in [3.05, 3.63) is 48.1 Å². The van der Waals surface area contributed by atoms with Gasteiger partial charge in [0.05, 0.1) is 5.92 Å². The second kappa shape index (κ2) is 32.7. The summed E-state index contributed by atoms with van der Waals surface area (Å²) >= 11 is 0. The van der Waals surface area contributed by atoms with Crippen LogP contribution in [0.5, 0.6) is 0 Å². The van der Waals surface area contributed by atoms with Crippen LogP contribution < -0.4 is 0 Å². The lowest BCUT2D eigenvalue weighted by Gasteiger charge is -2.58. The van der Waals surface area contributed by atoms with Crippen molar-refractivity contribution in [1.29, 1.82) is 0 Å². The van der Waals surface area contributed by atoms with Crippen LogP contribution in [0.15, 0.2) is 48.1 Å². The van der Waals surface area contributed by atoms with Gasteiger partial charge in [0, 0.05) is 12.8 Å². The standard InChI is InChI=1S/C63H108O4/c1-7-8-9-10-11-12-13-14-18-21-24-27-30-33-39-53(40-34-31-28-25-22-19-16-15-17-20-23-26-29-32-35-41-60(64)65)61(66)67-55-46-48-62(5)54(50-55)42-43-56-58-45-44-57(52(4)38-36-37-51(2)3)63(58,6)49-47-59(56)62/h14-15,17-19,22,42,51-53,55-59H,7-13,16,20-21,23-41,43-50H2,1-6H3,(H,64,65)/b17-15-,18-14-,22-19-/t52-,53?,55?,56?,57-,58?,59?,62+,63-/m1/s1. The lowest BCUT2D eigenvalue weighted by Crippen LogP contribution is -2.51. The summed E-state index contributed by atoms with van der Waals surface area (Å²) in [5.74, 6) is 4.58. The quantitative estimate of drug-likeness (QED) is 0.0383. The van der Waals surface area contributed by atoms with Crippen LogP contribution in [-0.4, -0.2) is 23.1 Å². The van der Waals surface area contributed by atoms with Gasteiger partial charge in [-0.05, 0) is 168 Å². The van der Waals surface area contributed by atoms with E-state index in [1.807, 2.05) is 0 Å². The van der Waals surface area contributed by atoms with Gasteiger partial charge in [0.2, 0.25) is 0 Å². The molecular formula is C63H108O4. The lowest BCUT2D eigenvalue weighted by atomic mass is 9.47. The van der Waals surface area contributed by atoms with Crippen LogP contribution in [-0.2, 0) is 14.3 Å². The predicted octanol–water partition coefficient (Wildman–Crippen LogP) is 19.5. The van der Waals surface area contributed by atoms with Crippen LogP contribution in [0.1, 0.15) is 279 Å². The topological polar surface area (TPSA) is 63.6 Å². The summed E-state index contributed by atoms with van der Waals surface area (Å²) in [6.07, 6.45) is 61.0. The fourth-order valence-corrected chi connectivity index (χ4v) is 14.1. The zero-order valence-corrected chi connectivity index (χ0v) is 45.0. The van der Waals surface area contributed by atoms with E-state index in [0.29, 0.717) is 11.8 Å². The largest absolute Gasteiger partial charge is 0.481 e. The van der Waals surface area contributed by atoms with Crippen LogP contribution in [0.4, 0.5) is 0 Å². The van der Waals surface area contributed by atoms with Crippen LogP contribution in [0.2, 0.25) is 0 Å². The molecule has 0 saturated heterocycles.